The van der Waals surface area contributed by atoms with Crippen LogP contribution in [-0.2, 0) is 9.59 Å². The van der Waals surface area contributed by atoms with Crippen LogP contribution in [0.15, 0.2) is 23.0 Å². The summed E-state index contributed by atoms with van der Waals surface area (Å²) in [6, 6.07) is 0.558. The van der Waals surface area contributed by atoms with Gasteiger partial charge in [-0.1, -0.05) is 0 Å². The highest BCUT2D eigenvalue weighted by atomic mass is 19.1. The molecule has 0 bridgehead atoms. The van der Waals surface area contributed by atoms with Gasteiger partial charge in [-0.05, 0) is 13.0 Å². The SMILES string of the molecule is CC(NC(=O)c1ccoc1)C(=O)N1CCC(F)(C(=O)O)C1. The molecule has 1 saturated heterocycles. The molecular weight excluding hydrogens is 283 g/mol. The molecule has 1 aliphatic rings. The fourth-order valence-electron chi connectivity index (χ4n) is 2.14. The van der Waals surface area contributed by atoms with Crippen LogP contribution in [0.25, 0.3) is 0 Å². The Labute approximate surface area is 119 Å². The van der Waals surface area contributed by atoms with E-state index in [1.807, 2.05) is 0 Å². The number of rotatable bonds is 4. The number of carboxylic acid groups (broad SMARTS) is 1. The molecule has 1 aliphatic heterocycles. The number of carboxylic acids is 1. The van der Waals surface area contributed by atoms with Crippen LogP contribution in [0.5, 0.6) is 0 Å². The van der Waals surface area contributed by atoms with E-state index in [-0.39, 0.29) is 18.5 Å². The van der Waals surface area contributed by atoms with Gasteiger partial charge in [0.15, 0.2) is 0 Å². The molecule has 7 nitrogen and oxygen atoms in total. The van der Waals surface area contributed by atoms with Crippen LogP contribution >= 0.6 is 0 Å². The molecule has 21 heavy (non-hydrogen) atoms. The molecule has 1 aromatic rings. The van der Waals surface area contributed by atoms with Gasteiger partial charge in [0.25, 0.3) is 5.91 Å². The molecule has 2 atom stereocenters. The van der Waals surface area contributed by atoms with Crippen LogP contribution < -0.4 is 5.32 Å². The Bertz CT molecular complexity index is 559. The standard InChI is InChI=1S/C13H15FN2O5/c1-8(15-10(17)9-2-5-21-6-9)11(18)16-4-3-13(14,7-16)12(19)20/h2,5-6,8H,3-4,7H2,1H3,(H,15,17)(H,19,20). The van der Waals surface area contributed by atoms with Crippen molar-refractivity contribution in [2.24, 2.45) is 0 Å². The Balaban J connectivity index is 1.95. The number of likely N-dealkylation sites (tertiary alicyclic amines) is 1. The summed E-state index contributed by atoms with van der Waals surface area (Å²) in [7, 11) is 0. The van der Waals surface area contributed by atoms with Crippen molar-refractivity contribution in [1.29, 1.82) is 0 Å². The molecule has 1 aromatic heterocycles. The number of halogens is 1. The Morgan fingerprint density at radius 1 is 1.52 bits per heavy atom. The average molecular weight is 298 g/mol. The molecule has 2 N–H and O–H groups in total. The minimum atomic E-state index is -2.41. The van der Waals surface area contributed by atoms with Gasteiger partial charge in [0.05, 0.1) is 18.4 Å². The third-order valence-corrected chi connectivity index (χ3v) is 3.42. The quantitative estimate of drug-likeness (QED) is 0.839. The van der Waals surface area contributed by atoms with Gasteiger partial charge in [-0.15, -0.1) is 0 Å². The van der Waals surface area contributed by atoms with E-state index in [0.717, 1.165) is 4.90 Å². The molecule has 1 fully saturated rings. The third kappa shape index (κ3) is 3.04. The largest absolute Gasteiger partial charge is 0.479 e. The first-order chi connectivity index (χ1) is 9.83. The first-order valence-electron chi connectivity index (χ1n) is 6.37. The van der Waals surface area contributed by atoms with Crippen molar-refractivity contribution in [3.05, 3.63) is 24.2 Å². The average Bonchev–Trinajstić information content (AvgIpc) is 3.07. The molecule has 2 rings (SSSR count). The Hall–Kier alpha value is -2.38. The topological polar surface area (TPSA) is 99.9 Å². The van der Waals surface area contributed by atoms with E-state index >= 15 is 0 Å². The summed E-state index contributed by atoms with van der Waals surface area (Å²) in [5, 5.41) is 11.2. The zero-order chi connectivity index (χ0) is 15.6. The number of carbonyl (C=O) groups excluding carboxylic acids is 2. The molecule has 0 aliphatic carbocycles. The first-order valence-corrected chi connectivity index (χ1v) is 6.37. The van der Waals surface area contributed by atoms with Crippen LogP contribution in [0, 0.1) is 0 Å². The number of alkyl halides is 1. The van der Waals surface area contributed by atoms with Gasteiger partial charge in [0, 0.05) is 13.0 Å². The lowest BCUT2D eigenvalue weighted by Gasteiger charge is -2.22. The second kappa shape index (κ2) is 5.55. The van der Waals surface area contributed by atoms with Gasteiger partial charge in [-0.2, -0.15) is 0 Å². The van der Waals surface area contributed by atoms with Crippen molar-refractivity contribution < 1.29 is 28.3 Å². The predicted molar refractivity (Wildman–Crippen MR) is 68.3 cm³/mol. The second-order valence-electron chi connectivity index (χ2n) is 4.99. The zero-order valence-corrected chi connectivity index (χ0v) is 11.3. The molecule has 0 aromatic carbocycles. The van der Waals surface area contributed by atoms with Crippen LogP contribution in [-0.4, -0.2) is 52.6 Å². The lowest BCUT2D eigenvalue weighted by Crippen LogP contribution is -2.47. The number of aliphatic carboxylic acids is 1. The summed E-state index contributed by atoms with van der Waals surface area (Å²) in [5.41, 5.74) is -2.15. The maximum absolute atomic E-state index is 13.9. The van der Waals surface area contributed by atoms with Crippen LogP contribution in [0.1, 0.15) is 23.7 Å². The summed E-state index contributed by atoms with van der Waals surface area (Å²) in [5.74, 6) is -2.59. The van der Waals surface area contributed by atoms with Crippen molar-refractivity contribution in [3.63, 3.8) is 0 Å². The molecule has 2 heterocycles. The minimum Gasteiger partial charge on any atom is -0.479 e. The second-order valence-corrected chi connectivity index (χ2v) is 4.99. The summed E-state index contributed by atoms with van der Waals surface area (Å²) in [6.07, 6.45) is 2.31. The van der Waals surface area contributed by atoms with Gasteiger partial charge in [-0.25, -0.2) is 9.18 Å². The fraction of sp³-hybridized carbons (Fsp3) is 0.462. The van der Waals surface area contributed by atoms with Crippen molar-refractivity contribution >= 4 is 17.8 Å². The Morgan fingerprint density at radius 2 is 2.24 bits per heavy atom. The lowest BCUT2D eigenvalue weighted by atomic mass is 10.1. The van der Waals surface area contributed by atoms with Crippen LogP contribution in [0.4, 0.5) is 4.39 Å². The number of hydrogen-bond donors (Lipinski definition) is 2. The number of amides is 2. The Kier molecular flexibility index (Phi) is 3.97. The number of nitrogens with one attached hydrogen (secondary N) is 1. The summed E-state index contributed by atoms with van der Waals surface area (Å²) in [6.45, 7) is 0.958. The summed E-state index contributed by atoms with van der Waals surface area (Å²) in [4.78, 5) is 35.8. The van der Waals surface area contributed by atoms with E-state index in [1.54, 1.807) is 0 Å². The molecule has 8 heteroatoms. The molecule has 0 spiro atoms. The highest BCUT2D eigenvalue weighted by Crippen LogP contribution is 2.26. The molecule has 0 saturated carbocycles. The fourth-order valence-corrected chi connectivity index (χ4v) is 2.14. The molecule has 2 amide bonds. The summed E-state index contributed by atoms with van der Waals surface area (Å²) < 4.78 is 18.7. The third-order valence-electron chi connectivity index (χ3n) is 3.42. The molecule has 2 unspecified atom stereocenters. The van der Waals surface area contributed by atoms with E-state index in [4.69, 9.17) is 9.52 Å². The van der Waals surface area contributed by atoms with Crippen LogP contribution in [0.2, 0.25) is 0 Å². The number of hydrogen-bond acceptors (Lipinski definition) is 4. The van der Waals surface area contributed by atoms with E-state index in [2.05, 4.69) is 5.32 Å². The highest BCUT2D eigenvalue weighted by Gasteiger charge is 2.47. The van der Waals surface area contributed by atoms with Gasteiger partial charge in [-0.3, -0.25) is 9.59 Å². The van der Waals surface area contributed by atoms with Crippen LogP contribution in [0.3, 0.4) is 0 Å². The zero-order valence-electron chi connectivity index (χ0n) is 11.3. The van der Waals surface area contributed by atoms with Gasteiger partial charge >= 0.3 is 5.97 Å². The highest BCUT2D eigenvalue weighted by molar-refractivity contribution is 5.97. The number of furan rings is 1. The van der Waals surface area contributed by atoms with Crippen molar-refractivity contribution in [2.75, 3.05) is 13.1 Å². The predicted octanol–water partition coefficient (Wildman–Crippen LogP) is 0.423. The molecule has 114 valence electrons. The smallest absolute Gasteiger partial charge is 0.343 e. The van der Waals surface area contributed by atoms with E-state index < -0.39 is 36.0 Å². The molecular formula is C13H15FN2O5. The van der Waals surface area contributed by atoms with Gasteiger partial charge in [0.1, 0.15) is 12.3 Å². The van der Waals surface area contributed by atoms with E-state index in [0.29, 0.717) is 0 Å². The number of carbonyl (C=O) groups is 3. The van der Waals surface area contributed by atoms with Crippen molar-refractivity contribution in [1.82, 2.24) is 10.2 Å². The lowest BCUT2D eigenvalue weighted by molar-refractivity contribution is -0.150. The summed E-state index contributed by atoms with van der Waals surface area (Å²) >= 11 is 0. The minimum absolute atomic E-state index is 0.00749. The van der Waals surface area contributed by atoms with Crippen molar-refractivity contribution in [2.45, 2.75) is 25.1 Å². The Morgan fingerprint density at radius 3 is 2.76 bits per heavy atom. The molecule has 0 radical (unpaired) electrons. The monoisotopic (exact) mass is 298 g/mol. The number of nitrogens with zero attached hydrogens (tertiary/aromatic N) is 1. The van der Waals surface area contributed by atoms with E-state index in [1.165, 1.54) is 25.5 Å². The maximum atomic E-state index is 13.9. The van der Waals surface area contributed by atoms with E-state index in [9.17, 15) is 18.8 Å². The first kappa shape index (κ1) is 15.0. The normalized spacial score (nSPS) is 22.9. The van der Waals surface area contributed by atoms with Gasteiger partial charge < -0.3 is 19.7 Å². The van der Waals surface area contributed by atoms with Crippen molar-refractivity contribution in [3.8, 4) is 0 Å². The van der Waals surface area contributed by atoms with Gasteiger partial charge in [0.2, 0.25) is 11.6 Å². The maximum Gasteiger partial charge on any atom is 0.343 e.